The molecule has 0 unspecified atom stereocenters. The number of hydrogen-bond donors (Lipinski definition) is 1. The fourth-order valence-electron chi connectivity index (χ4n) is 3.60. The van der Waals surface area contributed by atoms with Gasteiger partial charge in [-0.25, -0.2) is 0 Å². The number of ether oxygens (including phenoxy) is 1. The Morgan fingerprint density at radius 3 is 1.79 bits per heavy atom. The van der Waals surface area contributed by atoms with Crippen molar-refractivity contribution in [3.05, 3.63) is 64.7 Å². The SMILES string of the molecule is Cl.Cl.FC(F)(F)Oc1ccc([C@@H](c2cc(C(F)(F)F)ccc2C(F)(F)F)N2CCNCC2)cc1. The summed E-state index contributed by atoms with van der Waals surface area (Å²) in [6, 6.07) is 4.00. The molecule has 34 heavy (non-hydrogen) atoms. The summed E-state index contributed by atoms with van der Waals surface area (Å²) in [5.74, 6) is -0.597. The van der Waals surface area contributed by atoms with E-state index in [4.69, 9.17) is 0 Å². The van der Waals surface area contributed by atoms with E-state index in [9.17, 15) is 39.5 Å². The van der Waals surface area contributed by atoms with Gasteiger partial charge in [0.15, 0.2) is 0 Å². The molecule has 3 rings (SSSR count). The number of hydrogen-bond acceptors (Lipinski definition) is 3. The van der Waals surface area contributed by atoms with Gasteiger partial charge in [0, 0.05) is 26.2 Å². The number of nitrogens with zero attached hydrogens (tertiary/aromatic N) is 1. The van der Waals surface area contributed by atoms with E-state index < -0.39 is 47.2 Å². The lowest BCUT2D eigenvalue weighted by Crippen LogP contribution is -2.45. The average Bonchev–Trinajstić information content (AvgIpc) is 2.68. The summed E-state index contributed by atoms with van der Waals surface area (Å²) in [5.41, 5.74) is -3.02. The van der Waals surface area contributed by atoms with Gasteiger partial charge in [0.05, 0.1) is 17.2 Å². The van der Waals surface area contributed by atoms with E-state index in [1.165, 1.54) is 0 Å². The molecule has 14 heteroatoms. The first-order chi connectivity index (χ1) is 14.8. The highest BCUT2D eigenvalue weighted by Gasteiger charge is 2.40. The Hall–Kier alpha value is -1.89. The van der Waals surface area contributed by atoms with Crippen LogP contribution in [0.1, 0.15) is 28.3 Å². The third kappa shape index (κ3) is 7.56. The minimum atomic E-state index is -4.97. The van der Waals surface area contributed by atoms with Crippen molar-refractivity contribution in [1.82, 2.24) is 10.2 Å². The van der Waals surface area contributed by atoms with E-state index in [2.05, 4.69) is 10.1 Å². The Balaban J connectivity index is 0.00000289. The Morgan fingerprint density at radius 2 is 1.32 bits per heavy atom. The molecule has 1 fully saturated rings. The highest BCUT2D eigenvalue weighted by molar-refractivity contribution is 5.85. The molecule has 0 spiro atoms. The van der Waals surface area contributed by atoms with Gasteiger partial charge in [-0.05, 0) is 41.5 Å². The number of halogens is 11. The van der Waals surface area contributed by atoms with Crippen LogP contribution < -0.4 is 10.1 Å². The Bertz CT molecular complexity index is 926. The van der Waals surface area contributed by atoms with Crippen LogP contribution >= 0.6 is 24.8 Å². The molecule has 192 valence electrons. The zero-order valence-corrected chi connectivity index (χ0v) is 18.7. The lowest BCUT2D eigenvalue weighted by Gasteiger charge is -2.37. The van der Waals surface area contributed by atoms with Crippen molar-refractivity contribution in [2.24, 2.45) is 0 Å². The summed E-state index contributed by atoms with van der Waals surface area (Å²) in [7, 11) is 0. The predicted octanol–water partition coefficient (Wildman–Crippen LogP) is 6.46. The summed E-state index contributed by atoms with van der Waals surface area (Å²) in [6.45, 7) is 1.20. The zero-order chi connectivity index (χ0) is 23.7. The molecule has 0 aromatic heterocycles. The number of rotatable bonds is 4. The van der Waals surface area contributed by atoms with Gasteiger partial charge < -0.3 is 10.1 Å². The third-order valence-electron chi connectivity index (χ3n) is 4.93. The molecule has 3 nitrogen and oxygen atoms in total. The molecular formula is C20H19Cl2F9N2O. The van der Waals surface area contributed by atoms with Crippen LogP contribution in [0.3, 0.4) is 0 Å². The highest BCUT2D eigenvalue weighted by Crippen LogP contribution is 2.42. The molecule has 1 aliphatic heterocycles. The van der Waals surface area contributed by atoms with E-state index >= 15 is 0 Å². The number of piperazine rings is 1. The summed E-state index contributed by atoms with van der Waals surface area (Å²) in [6.07, 6.45) is -14.8. The molecule has 1 aliphatic rings. The molecular weight excluding hydrogens is 526 g/mol. The smallest absolute Gasteiger partial charge is 0.406 e. The van der Waals surface area contributed by atoms with Gasteiger partial charge in [-0.15, -0.1) is 38.0 Å². The quantitative estimate of drug-likeness (QED) is 0.447. The van der Waals surface area contributed by atoms with E-state index in [0.29, 0.717) is 31.3 Å². The largest absolute Gasteiger partial charge is 0.573 e. The minimum Gasteiger partial charge on any atom is -0.406 e. The molecule has 0 amide bonds. The van der Waals surface area contributed by atoms with Gasteiger partial charge in [-0.1, -0.05) is 12.1 Å². The van der Waals surface area contributed by atoms with Crippen molar-refractivity contribution < 1.29 is 44.3 Å². The van der Waals surface area contributed by atoms with Crippen molar-refractivity contribution in [2.45, 2.75) is 24.8 Å². The molecule has 0 saturated carbocycles. The van der Waals surface area contributed by atoms with E-state index in [-0.39, 0.29) is 43.5 Å². The van der Waals surface area contributed by atoms with E-state index in [1.807, 2.05) is 0 Å². The summed E-state index contributed by atoms with van der Waals surface area (Å²) in [4.78, 5) is 1.56. The second kappa shape index (κ2) is 11.2. The molecule has 2 aromatic carbocycles. The van der Waals surface area contributed by atoms with Crippen LogP contribution in [0.5, 0.6) is 5.75 Å². The van der Waals surface area contributed by atoms with Crippen LogP contribution in [-0.2, 0) is 12.4 Å². The minimum absolute atomic E-state index is 0. The lowest BCUT2D eigenvalue weighted by molar-refractivity contribution is -0.274. The Kier molecular flexibility index (Phi) is 9.96. The van der Waals surface area contributed by atoms with Crippen LogP contribution in [0.4, 0.5) is 39.5 Å². The summed E-state index contributed by atoms with van der Waals surface area (Å²) >= 11 is 0. The maximum absolute atomic E-state index is 13.7. The molecule has 0 aliphatic carbocycles. The van der Waals surface area contributed by atoms with Crippen molar-refractivity contribution in [2.75, 3.05) is 26.2 Å². The second-order valence-electron chi connectivity index (χ2n) is 7.10. The van der Waals surface area contributed by atoms with Crippen molar-refractivity contribution in [1.29, 1.82) is 0 Å². The van der Waals surface area contributed by atoms with Gasteiger partial charge in [0.2, 0.25) is 0 Å². The molecule has 1 atom stereocenters. The van der Waals surface area contributed by atoms with Crippen LogP contribution in [-0.4, -0.2) is 37.4 Å². The van der Waals surface area contributed by atoms with Gasteiger partial charge in [0.1, 0.15) is 5.75 Å². The average molecular weight is 545 g/mol. The zero-order valence-electron chi connectivity index (χ0n) is 17.0. The first-order valence-corrected chi connectivity index (χ1v) is 9.34. The van der Waals surface area contributed by atoms with Crippen molar-refractivity contribution >= 4 is 24.8 Å². The number of benzene rings is 2. The molecule has 1 heterocycles. The van der Waals surface area contributed by atoms with Gasteiger partial charge >= 0.3 is 18.7 Å². The maximum atomic E-state index is 13.7. The lowest BCUT2D eigenvalue weighted by atomic mass is 9.90. The summed E-state index contributed by atoms with van der Waals surface area (Å²) in [5, 5.41) is 3.00. The predicted molar refractivity (Wildman–Crippen MR) is 110 cm³/mol. The molecule has 1 N–H and O–H groups in total. The van der Waals surface area contributed by atoms with Crippen molar-refractivity contribution in [3.8, 4) is 5.75 Å². The van der Waals surface area contributed by atoms with Crippen LogP contribution in [0.2, 0.25) is 0 Å². The summed E-state index contributed by atoms with van der Waals surface area (Å²) < 4.78 is 122. The van der Waals surface area contributed by atoms with Gasteiger partial charge in [-0.2, -0.15) is 26.3 Å². The monoisotopic (exact) mass is 544 g/mol. The third-order valence-corrected chi connectivity index (χ3v) is 4.93. The molecule has 2 aromatic rings. The number of alkyl halides is 9. The highest BCUT2D eigenvalue weighted by atomic mass is 35.5. The van der Waals surface area contributed by atoms with E-state index in [1.54, 1.807) is 4.90 Å². The van der Waals surface area contributed by atoms with Crippen LogP contribution in [0.25, 0.3) is 0 Å². The molecule has 0 bridgehead atoms. The number of nitrogens with one attached hydrogen (secondary N) is 1. The Morgan fingerprint density at radius 1 is 0.765 bits per heavy atom. The standard InChI is InChI=1S/C20H17F9N2O.2ClH/c21-18(22,23)13-3-6-16(19(24,25)26)15(11-13)17(31-9-7-30-8-10-31)12-1-4-14(5-2-12)32-20(27,28)29;;/h1-6,11,17,30H,7-10H2;2*1H/t17-;;/m0../s1. The Labute approximate surface area is 201 Å². The normalized spacial score (nSPS) is 16.3. The fourth-order valence-corrected chi connectivity index (χ4v) is 3.60. The van der Waals surface area contributed by atoms with Crippen LogP contribution in [0, 0.1) is 0 Å². The fraction of sp³-hybridized carbons (Fsp3) is 0.400. The molecule has 1 saturated heterocycles. The van der Waals surface area contributed by atoms with Gasteiger partial charge in [-0.3, -0.25) is 4.90 Å². The first-order valence-electron chi connectivity index (χ1n) is 9.34. The van der Waals surface area contributed by atoms with Crippen LogP contribution in [0.15, 0.2) is 42.5 Å². The second-order valence-corrected chi connectivity index (χ2v) is 7.10. The maximum Gasteiger partial charge on any atom is 0.573 e. The molecule has 0 radical (unpaired) electrons. The first kappa shape index (κ1) is 30.1. The van der Waals surface area contributed by atoms with E-state index in [0.717, 1.165) is 24.3 Å². The van der Waals surface area contributed by atoms with Gasteiger partial charge in [0.25, 0.3) is 0 Å². The van der Waals surface area contributed by atoms with Crippen molar-refractivity contribution in [3.63, 3.8) is 0 Å². The topological polar surface area (TPSA) is 24.5 Å².